The third-order valence-corrected chi connectivity index (χ3v) is 2.92. The molecule has 1 atom stereocenters. The van der Waals surface area contributed by atoms with E-state index in [4.69, 9.17) is 16.3 Å². The molecule has 0 spiro atoms. The summed E-state index contributed by atoms with van der Waals surface area (Å²) in [7, 11) is 0. The molecule has 18 heavy (non-hydrogen) atoms. The molecule has 0 bridgehead atoms. The molecule has 1 N–H and O–H groups in total. The number of para-hydroxylation sites is 1. The molecule has 1 heterocycles. The van der Waals surface area contributed by atoms with E-state index in [1.165, 1.54) is 0 Å². The zero-order valence-electron chi connectivity index (χ0n) is 9.79. The summed E-state index contributed by atoms with van der Waals surface area (Å²) in [5.41, 5.74) is 0.812. The minimum absolute atomic E-state index is 0.0124. The van der Waals surface area contributed by atoms with Crippen LogP contribution in [0, 0.1) is 0 Å². The van der Waals surface area contributed by atoms with Gasteiger partial charge in [-0.25, -0.2) is 0 Å². The lowest BCUT2D eigenvalue weighted by Gasteiger charge is -2.15. The van der Waals surface area contributed by atoms with E-state index in [1.807, 2.05) is 30.3 Å². The Morgan fingerprint density at radius 2 is 1.94 bits per heavy atom. The standard InChI is InChI=1S/C14H14ClNO2/c15-12-5-1-2-7-14(12)18-10-11(9-17)13-6-3-4-8-16-13/h1-8,11,17H,9-10H2. The molecule has 0 fully saturated rings. The smallest absolute Gasteiger partial charge is 0.137 e. The number of ether oxygens (including phenoxy) is 1. The zero-order valence-corrected chi connectivity index (χ0v) is 10.5. The SMILES string of the molecule is OCC(COc1ccccc1Cl)c1ccccn1. The molecule has 4 heteroatoms. The number of aliphatic hydroxyl groups is 1. The van der Waals surface area contributed by atoms with E-state index in [-0.39, 0.29) is 12.5 Å². The highest BCUT2D eigenvalue weighted by Gasteiger charge is 2.13. The molecular weight excluding hydrogens is 250 g/mol. The number of aliphatic hydroxyl groups excluding tert-OH is 1. The predicted molar refractivity (Wildman–Crippen MR) is 71.0 cm³/mol. The Hall–Kier alpha value is -1.58. The number of halogens is 1. The van der Waals surface area contributed by atoms with Gasteiger partial charge in [0.15, 0.2) is 0 Å². The third kappa shape index (κ3) is 3.22. The van der Waals surface area contributed by atoms with Crippen LogP contribution in [0.4, 0.5) is 0 Å². The van der Waals surface area contributed by atoms with Crippen molar-refractivity contribution >= 4 is 11.6 Å². The number of aromatic nitrogens is 1. The number of rotatable bonds is 5. The van der Waals surface area contributed by atoms with Gasteiger partial charge in [0.05, 0.1) is 24.2 Å². The molecule has 0 saturated heterocycles. The maximum Gasteiger partial charge on any atom is 0.137 e. The second-order valence-corrected chi connectivity index (χ2v) is 4.28. The van der Waals surface area contributed by atoms with Gasteiger partial charge < -0.3 is 9.84 Å². The van der Waals surface area contributed by atoms with Crippen molar-refractivity contribution in [2.75, 3.05) is 13.2 Å². The van der Waals surface area contributed by atoms with Gasteiger partial charge in [0.1, 0.15) is 5.75 Å². The quantitative estimate of drug-likeness (QED) is 0.902. The van der Waals surface area contributed by atoms with Gasteiger partial charge in [-0.2, -0.15) is 0 Å². The predicted octanol–water partition coefficient (Wildman–Crippen LogP) is 2.89. The molecule has 2 aromatic rings. The first-order valence-electron chi connectivity index (χ1n) is 5.70. The normalized spacial score (nSPS) is 12.1. The van der Waals surface area contributed by atoms with Gasteiger partial charge in [0.25, 0.3) is 0 Å². The van der Waals surface area contributed by atoms with Crippen LogP contribution in [-0.4, -0.2) is 23.3 Å². The molecule has 0 radical (unpaired) electrons. The van der Waals surface area contributed by atoms with E-state index in [0.717, 1.165) is 5.69 Å². The van der Waals surface area contributed by atoms with E-state index >= 15 is 0 Å². The van der Waals surface area contributed by atoms with Crippen LogP contribution in [0.1, 0.15) is 11.6 Å². The first kappa shape index (κ1) is 12.9. The Balaban J connectivity index is 2.02. The number of hydrogen-bond acceptors (Lipinski definition) is 3. The van der Waals surface area contributed by atoms with Crippen molar-refractivity contribution in [1.29, 1.82) is 0 Å². The number of benzene rings is 1. The number of pyridine rings is 1. The van der Waals surface area contributed by atoms with E-state index in [2.05, 4.69) is 4.98 Å². The van der Waals surface area contributed by atoms with Crippen LogP contribution in [0.5, 0.6) is 5.75 Å². The second-order valence-electron chi connectivity index (χ2n) is 3.88. The van der Waals surface area contributed by atoms with Gasteiger partial charge in [0, 0.05) is 11.9 Å². The molecule has 0 aliphatic heterocycles. The van der Waals surface area contributed by atoms with E-state index < -0.39 is 0 Å². The maximum atomic E-state index is 9.37. The first-order chi connectivity index (χ1) is 8.81. The van der Waals surface area contributed by atoms with E-state index in [9.17, 15) is 5.11 Å². The van der Waals surface area contributed by atoms with Crippen LogP contribution in [0.3, 0.4) is 0 Å². The van der Waals surface area contributed by atoms with Crippen LogP contribution in [0.15, 0.2) is 48.7 Å². The minimum Gasteiger partial charge on any atom is -0.491 e. The minimum atomic E-state index is -0.150. The third-order valence-electron chi connectivity index (χ3n) is 2.60. The Labute approximate surface area is 111 Å². The first-order valence-corrected chi connectivity index (χ1v) is 6.08. The fourth-order valence-electron chi connectivity index (χ4n) is 1.60. The molecule has 1 aromatic carbocycles. The number of nitrogens with zero attached hydrogens (tertiary/aromatic N) is 1. The molecule has 1 unspecified atom stereocenters. The zero-order chi connectivity index (χ0) is 12.8. The lowest BCUT2D eigenvalue weighted by Crippen LogP contribution is -2.15. The van der Waals surface area contributed by atoms with Crippen molar-refractivity contribution in [1.82, 2.24) is 4.98 Å². The summed E-state index contributed by atoms with van der Waals surface area (Å²) in [4.78, 5) is 4.21. The van der Waals surface area contributed by atoms with Gasteiger partial charge in [-0.3, -0.25) is 4.98 Å². The van der Waals surface area contributed by atoms with Crippen molar-refractivity contribution in [2.24, 2.45) is 0 Å². The fraction of sp³-hybridized carbons (Fsp3) is 0.214. The maximum absolute atomic E-state index is 9.37. The molecular formula is C14H14ClNO2. The van der Waals surface area contributed by atoms with Crippen molar-refractivity contribution < 1.29 is 9.84 Å². The lowest BCUT2D eigenvalue weighted by molar-refractivity contribution is 0.203. The van der Waals surface area contributed by atoms with Crippen LogP contribution >= 0.6 is 11.6 Å². The summed E-state index contributed by atoms with van der Waals surface area (Å²) in [6, 6.07) is 12.9. The van der Waals surface area contributed by atoms with E-state index in [0.29, 0.717) is 17.4 Å². The van der Waals surface area contributed by atoms with Crippen molar-refractivity contribution in [3.05, 3.63) is 59.4 Å². The summed E-state index contributed by atoms with van der Waals surface area (Å²) in [5, 5.41) is 9.94. The van der Waals surface area contributed by atoms with Gasteiger partial charge in [-0.05, 0) is 24.3 Å². The topological polar surface area (TPSA) is 42.4 Å². The van der Waals surface area contributed by atoms with Crippen LogP contribution in [0.2, 0.25) is 5.02 Å². The summed E-state index contributed by atoms with van der Waals surface area (Å²) in [5.74, 6) is 0.469. The van der Waals surface area contributed by atoms with Gasteiger partial charge in [-0.1, -0.05) is 29.8 Å². The molecule has 1 aromatic heterocycles. The van der Waals surface area contributed by atoms with Crippen LogP contribution in [-0.2, 0) is 0 Å². The largest absolute Gasteiger partial charge is 0.491 e. The highest BCUT2D eigenvalue weighted by atomic mass is 35.5. The monoisotopic (exact) mass is 263 g/mol. The van der Waals surface area contributed by atoms with Crippen molar-refractivity contribution in [3.63, 3.8) is 0 Å². The summed E-state index contributed by atoms with van der Waals surface area (Å²) < 4.78 is 5.61. The average Bonchev–Trinajstić information content (AvgIpc) is 2.42. The highest BCUT2D eigenvalue weighted by Crippen LogP contribution is 2.24. The summed E-state index contributed by atoms with van der Waals surface area (Å²) >= 11 is 5.99. The average molecular weight is 264 g/mol. The number of hydrogen-bond donors (Lipinski definition) is 1. The van der Waals surface area contributed by atoms with Crippen LogP contribution in [0.25, 0.3) is 0 Å². The van der Waals surface area contributed by atoms with Gasteiger partial charge in [-0.15, -0.1) is 0 Å². The van der Waals surface area contributed by atoms with Gasteiger partial charge >= 0.3 is 0 Å². The molecule has 0 saturated carbocycles. The van der Waals surface area contributed by atoms with E-state index in [1.54, 1.807) is 18.3 Å². The summed E-state index contributed by atoms with van der Waals surface area (Å²) in [6.45, 7) is 0.332. The Morgan fingerprint density at radius 1 is 1.17 bits per heavy atom. The second kappa shape index (κ2) is 6.38. The molecule has 0 aliphatic carbocycles. The Bertz CT molecular complexity index is 490. The molecule has 2 rings (SSSR count). The molecule has 0 aliphatic rings. The molecule has 94 valence electrons. The highest BCUT2D eigenvalue weighted by molar-refractivity contribution is 6.32. The van der Waals surface area contributed by atoms with Crippen molar-refractivity contribution in [2.45, 2.75) is 5.92 Å². The van der Waals surface area contributed by atoms with Crippen molar-refractivity contribution in [3.8, 4) is 5.75 Å². The lowest BCUT2D eigenvalue weighted by atomic mass is 10.1. The Morgan fingerprint density at radius 3 is 2.61 bits per heavy atom. The van der Waals surface area contributed by atoms with Crippen LogP contribution < -0.4 is 4.74 Å². The molecule has 0 amide bonds. The fourth-order valence-corrected chi connectivity index (χ4v) is 1.79. The molecule has 3 nitrogen and oxygen atoms in total. The van der Waals surface area contributed by atoms with Gasteiger partial charge in [0.2, 0.25) is 0 Å². The Kier molecular flexibility index (Phi) is 4.56. The summed E-state index contributed by atoms with van der Waals surface area (Å²) in [6.07, 6.45) is 1.70.